The predicted octanol–water partition coefficient (Wildman–Crippen LogP) is 2.98. The normalized spacial score (nSPS) is 17.1. The van der Waals surface area contributed by atoms with E-state index in [0.29, 0.717) is 0 Å². The zero-order valence-corrected chi connectivity index (χ0v) is 11.9. The number of nitrogens with zero attached hydrogens (tertiary/aromatic N) is 2. The molecule has 0 bridgehead atoms. The van der Waals surface area contributed by atoms with Gasteiger partial charge in [0.1, 0.15) is 4.32 Å². The van der Waals surface area contributed by atoms with E-state index in [0.717, 1.165) is 36.3 Å². The molecule has 92 valence electrons. The lowest BCUT2D eigenvalue weighted by atomic mass is 10.2. The van der Waals surface area contributed by atoms with E-state index < -0.39 is 0 Å². The maximum absolute atomic E-state index is 5.92. The van der Waals surface area contributed by atoms with Crippen molar-refractivity contribution in [3.63, 3.8) is 0 Å². The highest BCUT2D eigenvalue weighted by Gasteiger charge is 2.17. The number of hydrogen-bond acceptors (Lipinski definition) is 3. The number of halogens is 1. The van der Waals surface area contributed by atoms with Gasteiger partial charge in [0.05, 0.1) is 0 Å². The average molecular weight is 287 g/mol. The highest BCUT2D eigenvalue weighted by atomic mass is 35.5. The second kappa shape index (κ2) is 6.59. The summed E-state index contributed by atoms with van der Waals surface area (Å²) >= 11 is 13.1. The highest BCUT2D eigenvalue weighted by Crippen LogP contribution is 2.18. The van der Waals surface area contributed by atoms with Crippen molar-refractivity contribution >= 4 is 40.1 Å². The van der Waals surface area contributed by atoms with Crippen LogP contribution in [-0.4, -0.2) is 39.8 Å². The van der Waals surface area contributed by atoms with Crippen molar-refractivity contribution in [2.24, 2.45) is 0 Å². The molecule has 0 radical (unpaired) electrons. The molecule has 0 spiro atoms. The van der Waals surface area contributed by atoms with Crippen molar-refractivity contribution in [2.75, 3.05) is 26.2 Å². The van der Waals surface area contributed by atoms with E-state index in [9.17, 15) is 0 Å². The Morgan fingerprint density at radius 2 is 1.82 bits per heavy atom. The first-order chi connectivity index (χ1) is 8.25. The maximum Gasteiger partial charge on any atom is 0.136 e. The second-order valence-electron chi connectivity index (χ2n) is 3.94. The third-order valence-electron chi connectivity index (χ3n) is 2.69. The van der Waals surface area contributed by atoms with Crippen LogP contribution in [0.15, 0.2) is 30.3 Å². The van der Waals surface area contributed by atoms with Crippen molar-refractivity contribution in [2.45, 2.75) is 5.75 Å². The number of benzene rings is 1. The van der Waals surface area contributed by atoms with Crippen molar-refractivity contribution in [1.29, 1.82) is 0 Å². The molecule has 0 aliphatic carbocycles. The van der Waals surface area contributed by atoms with Crippen LogP contribution in [-0.2, 0) is 5.75 Å². The van der Waals surface area contributed by atoms with Crippen molar-refractivity contribution < 1.29 is 0 Å². The minimum Gasteiger partial charge on any atom is -0.355 e. The van der Waals surface area contributed by atoms with Gasteiger partial charge in [0.25, 0.3) is 0 Å². The molecule has 1 aliphatic heterocycles. The Morgan fingerprint density at radius 3 is 2.47 bits per heavy atom. The Balaban J connectivity index is 1.78. The lowest BCUT2D eigenvalue weighted by Gasteiger charge is -2.32. The monoisotopic (exact) mass is 286 g/mol. The third-order valence-corrected chi connectivity index (χ3v) is 4.62. The highest BCUT2D eigenvalue weighted by molar-refractivity contribution is 8.22. The van der Waals surface area contributed by atoms with Gasteiger partial charge in [0, 0.05) is 31.9 Å². The van der Waals surface area contributed by atoms with Crippen LogP contribution in [0.1, 0.15) is 5.56 Å². The standard InChI is InChI=1S/C12H15ClN2S2/c13-15-8-6-14(7-9-15)12(16)17-10-11-4-2-1-3-5-11/h1-5H,6-10H2. The Kier molecular flexibility index (Phi) is 5.10. The van der Waals surface area contributed by atoms with E-state index in [1.54, 1.807) is 11.8 Å². The summed E-state index contributed by atoms with van der Waals surface area (Å²) in [5.74, 6) is 0.945. The molecule has 17 heavy (non-hydrogen) atoms. The summed E-state index contributed by atoms with van der Waals surface area (Å²) in [6.45, 7) is 3.63. The summed E-state index contributed by atoms with van der Waals surface area (Å²) in [6, 6.07) is 10.4. The van der Waals surface area contributed by atoms with Crippen LogP contribution in [0.5, 0.6) is 0 Å². The fourth-order valence-electron chi connectivity index (χ4n) is 1.68. The summed E-state index contributed by atoms with van der Waals surface area (Å²) in [5, 5.41) is 0. The molecule has 1 aliphatic rings. The molecule has 1 heterocycles. The lowest BCUT2D eigenvalue weighted by molar-refractivity contribution is 0.281. The number of thiocarbonyl (C=S) groups is 1. The summed E-state index contributed by atoms with van der Waals surface area (Å²) in [5.41, 5.74) is 1.32. The first-order valence-electron chi connectivity index (χ1n) is 5.62. The molecule has 1 fully saturated rings. The first kappa shape index (κ1) is 13.1. The minimum absolute atomic E-state index is 0.883. The largest absolute Gasteiger partial charge is 0.355 e. The zero-order valence-electron chi connectivity index (χ0n) is 9.51. The molecule has 1 aromatic rings. The molecule has 0 N–H and O–H groups in total. The molecule has 0 atom stereocenters. The van der Waals surface area contributed by atoms with E-state index in [1.807, 2.05) is 10.5 Å². The van der Waals surface area contributed by atoms with Gasteiger partial charge in [-0.25, -0.2) is 4.42 Å². The van der Waals surface area contributed by atoms with E-state index >= 15 is 0 Å². The van der Waals surface area contributed by atoms with Gasteiger partial charge in [-0.2, -0.15) is 0 Å². The Bertz CT molecular complexity index is 364. The number of rotatable bonds is 2. The van der Waals surface area contributed by atoms with Crippen molar-refractivity contribution in [3.8, 4) is 0 Å². The summed E-state index contributed by atoms with van der Waals surface area (Å²) in [7, 11) is 0. The maximum atomic E-state index is 5.92. The molecular weight excluding hydrogens is 272 g/mol. The van der Waals surface area contributed by atoms with Crippen LogP contribution < -0.4 is 0 Å². The molecule has 2 rings (SSSR count). The molecule has 0 unspecified atom stereocenters. The van der Waals surface area contributed by atoms with Crippen LogP contribution >= 0.6 is 35.8 Å². The molecule has 0 aromatic heterocycles. The summed E-state index contributed by atoms with van der Waals surface area (Å²) < 4.78 is 2.81. The van der Waals surface area contributed by atoms with Gasteiger partial charge in [-0.15, -0.1) is 0 Å². The van der Waals surface area contributed by atoms with Gasteiger partial charge in [0.2, 0.25) is 0 Å². The fraction of sp³-hybridized carbons (Fsp3) is 0.417. The van der Waals surface area contributed by atoms with Crippen LogP contribution in [0.3, 0.4) is 0 Å². The van der Waals surface area contributed by atoms with E-state index in [1.165, 1.54) is 5.56 Å². The van der Waals surface area contributed by atoms with Gasteiger partial charge >= 0.3 is 0 Å². The second-order valence-corrected chi connectivity index (χ2v) is 6.02. The van der Waals surface area contributed by atoms with Crippen molar-refractivity contribution in [3.05, 3.63) is 35.9 Å². The number of thioether (sulfide) groups is 1. The van der Waals surface area contributed by atoms with Gasteiger partial charge in [-0.3, -0.25) is 0 Å². The van der Waals surface area contributed by atoms with Crippen LogP contribution in [0, 0.1) is 0 Å². The Morgan fingerprint density at radius 1 is 1.18 bits per heavy atom. The third kappa shape index (κ3) is 4.14. The smallest absolute Gasteiger partial charge is 0.136 e. The molecule has 2 nitrogen and oxygen atoms in total. The van der Waals surface area contributed by atoms with Gasteiger partial charge < -0.3 is 4.90 Å². The van der Waals surface area contributed by atoms with Crippen molar-refractivity contribution in [1.82, 2.24) is 9.32 Å². The first-order valence-corrected chi connectivity index (χ1v) is 7.35. The molecule has 1 aromatic carbocycles. The lowest BCUT2D eigenvalue weighted by Crippen LogP contribution is -2.43. The minimum atomic E-state index is 0.883. The van der Waals surface area contributed by atoms with Gasteiger partial charge in [-0.1, -0.05) is 54.3 Å². The molecule has 0 saturated carbocycles. The summed E-state index contributed by atoms with van der Waals surface area (Å²) in [4.78, 5) is 2.24. The van der Waals surface area contributed by atoms with Crippen LogP contribution in [0.4, 0.5) is 0 Å². The SMILES string of the molecule is S=C(SCc1ccccc1)N1CCN(Cl)CC1. The molecule has 1 saturated heterocycles. The van der Waals surface area contributed by atoms with Gasteiger partial charge in [-0.05, 0) is 17.3 Å². The predicted molar refractivity (Wildman–Crippen MR) is 79.3 cm³/mol. The Labute approximate surface area is 117 Å². The molecule has 0 amide bonds. The molecular formula is C12H15ClN2S2. The topological polar surface area (TPSA) is 6.48 Å². The van der Waals surface area contributed by atoms with E-state index in [-0.39, 0.29) is 0 Å². The number of piperazine rings is 1. The molecule has 5 heteroatoms. The zero-order chi connectivity index (χ0) is 12.1. The van der Waals surface area contributed by atoms with E-state index in [2.05, 4.69) is 29.2 Å². The van der Waals surface area contributed by atoms with Gasteiger partial charge in [0.15, 0.2) is 0 Å². The van der Waals surface area contributed by atoms with E-state index in [4.69, 9.17) is 24.0 Å². The number of hydrogen-bond donors (Lipinski definition) is 0. The van der Waals surface area contributed by atoms with Crippen LogP contribution in [0.2, 0.25) is 0 Å². The fourth-order valence-corrected chi connectivity index (χ4v) is 3.03. The summed E-state index contributed by atoms with van der Waals surface area (Å²) in [6.07, 6.45) is 0. The Hall–Kier alpha value is -0.290. The quantitative estimate of drug-likeness (QED) is 0.609. The van der Waals surface area contributed by atoms with Crippen LogP contribution in [0.25, 0.3) is 0 Å². The average Bonchev–Trinajstić information content (AvgIpc) is 2.38.